The number of nitrogens with one attached hydrogen (secondary N) is 1. The van der Waals surface area contributed by atoms with Crippen molar-refractivity contribution in [1.29, 1.82) is 0 Å². The van der Waals surface area contributed by atoms with Crippen LogP contribution in [0.3, 0.4) is 0 Å². The normalized spacial score (nSPS) is 18.8. The zero-order chi connectivity index (χ0) is 13.1. The summed E-state index contributed by atoms with van der Waals surface area (Å²) >= 11 is 0. The lowest BCUT2D eigenvalue weighted by molar-refractivity contribution is -0.122. The van der Waals surface area contributed by atoms with E-state index in [1.807, 2.05) is 25.1 Å². The summed E-state index contributed by atoms with van der Waals surface area (Å²) in [6.07, 6.45) is 1.57. The van der Waals surface area contributed by atoms with E-state index in [-0.39, 0.29) is 17.6 Å². The van der Waals surface area contributed by atoms with E-state index in [0.717, 1.165) is 17.0 Å². The quantitative estimate of drug-likeness (QED) is 0.891. The summed E-state index contributed by atoms with van der Waals surface area (Å²) in [5, 5.41) is 2.88. The minimum absolute atomic E-state index is 0.0610. The van der Waals surface area contributed by atoms with Gasteiger partial charge in [-0.1, -0.05) is 0 Å². The molecule has 4 heteroatoms. The van der Waals surface area contributed by atoms with E-state index in [4.69, 9.17) is 4.74 Å². The Hall–Kier alpha value is -1.84. The first-order valence-electron chi connectivity index (χ1n) is 6.07. The van der Waals surface area contributed by atoms with Gasteiger partial charge in [0.2, 0.25) is 5.91 Å². The molecule has 0 heterocycles. The number of carbonyl (C=O) groups excluding carboxylic acids is 2. The van der Waals surface area contributed by atoms with Crippen molar-refractivity contribution in [1.82, 2.24) is 0 Å². The molecule has 18 heavy (non-hydrogen) atoms. The van der Waals surface area contributed by atoms with Gasteiger partial charge in [-0.25, -0.2) is 0 Å². The van der Waals surface area contributed by atoms with Crippen LogP contribution in [0, 0.1) is 12.8 Å². The molecule has 1 aliphatic carbocycles. The fourth-order valence-electron chi connectivity index (χ4n) is 2.18. The van der Waals surface area contributed by atoms with Gasteiger partial charge in [-0.3, -0.25) is 9.59 Å². The molecular formula is C14H17NO3. The summed E-state index contributed by atoms with van der Waals surface area (Å²) < 4.78 is 5.11. The lowest BCUT2D eigenvalue weighted by Gasteiger charge is -2.12. The van der Waals surface area contributed by atoms with E-state index in [1.54, 1.807) is 7.11 Å². The second-order valence-corrected chi connectivity index (χ2v) is 4.65. The lowest BCUT2D eigenvalue weighted by atomic mass is 10.1. The zero-order valence-electron chi connectivity index (χ0n) is 10.7. The van der Waals surface area contributed by atoms with E-state index in [2.05, 4.69) is 5.32 Å². The number of hydrogen-bond donors (Lipinski definition) is 1. The predicted octanol–water partition coefficient (Wildman–Crippen LogP) is 2.31. The summed E-state index contributed by atoms with van der Waals surface area (Å²) in [5.74, 6) is 0.719. The van der Waals surface area contributed by atoms with E-state index in [0.29, 0.717) is 19.3 Å². The summed E-state index contributed by atoms with van der Waals surface area (Å²) in [7, 11) is 1.61. The van der Waals surface area contributed by atoms with Crippen molar-refractivity contribution in [3.8, 4) is 5.75 Å². The lowest BCUT2D eigenvalue weighted by Crippen LogP contribution is -2.21. The van der Waals surface area contributed by atoms with Gasteiger partial charge in [0.25, 0.3) is 0 Å². The second-order valence-electron chi connectivity index (χ2n) is 4.65. The largest absolute Gasteiger partial charge is 0.497 e. The number of benzene rings is 1. The van der Waals surface area contributed by atoms with Crippen LogP contribution >= 0.6 is 0 Å². The molecule has 1 saturated carbocycles. The Morgan fingerprint density at radius 1 is 1.44 bits per heavy atom. The Labute approximate surface area is 106 Å². The maximum absolute atomic E-state index is 12.0. The second kappa shape index (κ2) is 5.21. The highest BCUT2D eigenvalue weighted by molar-refractivity contribution is 5.97. The minimum Gasteiger partial charge on any atom is -0.497 e. The molecular weight excluding hydrogens is 230 g/mol. The van der Waals surface area contributed by atoms with Crippen LogP contribution in [0.25, 0.3) is 0 Å². The SMILES string of the molecule is COc1ccc(NC(=O)C2CCC(=O)C2)c(C)c1. The molecule has 0 saturated heterocycles. The molecule has 2 rings (SSSR count). The van der Waals surface area contributed by atoms with Gasteiger partial charge in [-0.05, 0) is 37.1 Å². The van der Waals surface area contributed by atoms with Gasteiger partial charge in [0.15, 0.2) is 0 Å². The first-order valence-corrected chi connectivity index (χ1v) is 6.07. The number of aryl methyl sites for hydroxylation is 1. The van der Waals surface area contributed by atoms with Gasteiger partial charge < -0.3 is 10.1 Å². The van der Waals surface area contributed by atoms with Crippen LogP contribution in [0.1, 0.15) is 24.8 Å². The fourth-order valence-corrected chi connectivity index (χ4v) is 2.18. The molecule has 1 atom stereocenters. The van der Waals surface area contributed by atoms with Crippen LogP contribution in [-0.2, 0) is 9.59 Å². The van der Waals surface area contributed by atoms with Crippen LogP contribution in [0.4, 0.5) is 5.69 Å². The van der Waals surface area contributed by atoms with Crippen LogP contribution in [0.5, 0.6) is 5.75 Å². The number of methoxy groups -OCH3 is 1. The van der Waals surface area contributed by atoms with Gasteiger partial charge in [0, 0.05) is 24.4 Å². The molecule has 0 radical (unpaired) electrons. The molecule has 0 bridgehead atoms. The first-order chi connectivity index (χ1) is 8.60. The average molecular weight is 247 g/mol. The van der Waals surface area contributed by atoms with Gasteiger partial charge in [0.05, 0.1) is 7.11 Å². The first kappa shape index (κ1) is 12.6. The molecule has 0 spiro atoms. The van der Waals surface area contributed by atoms with E-state index in [1.165, 1.54) is 0 Å². The molecule has 1 aromatic rings. The molecule has 0 aromatic heterocycles. The summed E-state index contributed by atoms with van der Waals surface area (Å²) in [5.41, 5.74) is 1.73. The zero-order valence-corrected chi connectivity index (χ0v) is 10.7. The Bertz CT molecular complexity index is 482. The number of Topliss-reactive ketones (excluding diaryl/α,β-unsaturated/α-hetero) is 1. The third-order valence-electron chi connectivity index (χ3n) is 3.31. The number of amides is 1. The monoisotopic (exact) mass is 247 g/mol. The number of ketones is 1. The molecule has 1 aromatic carbocycles. The van der Waals surface area contributed by atoms with Crippen molar-refractivity contribution < 1.29 is 14.3 Å². The Morgan fingerprint density at radius 2 is 2.22 bits per heavy atom. The van der Waals surface area contributed by atoms with Gasteiger partial charge in [0.1, 0.15) is 11.5 Å². The maximum Gasteiger partial charge on any atom is 0.227 e. The van der Waals surface area contributed by atoms with Gasteiger partial charge in [-0.2, -0.15) is 0 Å². The molecule has 96 valence electrons. The van der Waals surface area contributed by atoms with Crippen molar-refractivity contribution in [3.05, 3.63) is 23.8 Å². The molecule has 1 fully saturated rings. The Kier molecular flexibility index (Phi) is 3.65. The predicted molar refractivity (Wildman–Crippen MR) is 68.7 cm³/mol. The number of carbonyl (C=O) groups is 2. The topological polar surface area (TPSA) is 55.4 Å². The molecule has 4 nitrogen and oxygen atoms in total. The molecule has 0 aliphatic heterocycles. The number of rotatable bonds is 3. The van der Waals surface area contributed by atoms with E-state index < -0.39 is 0 Å². The molecule has 1 amide bonds. The fraction of sp³-hybridized carbons (Fsp3) is 0.429. The van der Waals surface area contributed by atoms with Crippen molar-refractivity contribution in [2.45, 2.75) is 26.2 Å². The van der Waals surface area contributed by atoms with Crippen molar-refractivity contribution in [3.63, 3.8) is 0 Å². The van der Waals surface area contributed by atoms with Crippen LogP contribution < -0.4 is 10.1 Å². The highest BCUT2D eigenvalue weighted by Crippen LogP contribution is 2.26. The molecule has 1 aliphatic rings. The number of anilines is 1. The highest BCUT2D eigenvalue weighted by Gasteiger charge is 2.28. The van der Waals surface area contributed by atoms with E-state index in [9.17, 15) is 9.59 Å². The smallest absolute Gasteiger partial charge is 0.227 e. The third kappa shape index (κ3) is 2.70. The summed E-state index contributed by atoms with van der Waals surface area (Å²) in [6, 6.07) is 5.50. The summed E-state index contributed by atoms with van der Waals surface area (Å²) in [4.78, 5) is 23.1. The maximum atomic E-state index is 12.0. The summed E-state index contributed by atoms with van der Waals surface area (Å²) in [6.45, 7) is 1.91. The van der Waals surface area contributed by atoms with Crippen molar-refractivity contribution in [2.24, 2.45) is 5.92 Å². The van der Waals surface area contributed by atoms with Crippen LogP contribution in [-0.4, -0.2) is 18.8 Å². The van der Waals surface area contributed by atoms with Crippen molar-refractivity contribution >= 4 is 17.4 Å². The van der Waals surface area contributed by atoms with Crippen LogP contribution in [0.15, 0.2) is 18.2 Å². The number of ether oxygens (including phenoxy) is 1. The standard InChI is InChI=1S/C14H17NO3/c1-9-7-12(18-2)5-6-13(9)15-14(17)10-3-4-11(16)8-10/h5-7,10H,3-4,8H2,1-2H3,(H,15,17). The minimum atomic E-state index is -0.168. The average Bonchev–Trinajstić information content (AvgIpc) is 2.78. The van der Waals surface area contributed by atoms with Crippen LogP contribution in [0.2, 0.25) is 0 Å². The highest BCUT2D eigenvalue weighted by atomic mass is 16.5. The van der Waals surface area contributed by atoms with Crippen molar-refractivity contribution in [2.75, 3.05) is 12.4 Å². The van der Waals surface area contributed by atoms with Gasteiger partial charge >= 0.3 is 0 Å². The van der Waals surface area contributed by atoms with Gasteiger partial charge in [-0.15, -0.1) is 0 Å². The Balaban J connectivity index is 2.05. The molecule has 1 N–H and O–H groups in total. The number of hydrogen-bond acceptors (Lipinski definition) is 3. The van der Waals surface area contributed by atoms with E-state index >= 15 is 0 Å². The Morgan fingerprint density at radius 3 is 2.78 bits per heavy atom. The third-order valence-corrected chi connectivity index (χ3v) is 3.31. The molecule has 1 unspecified atom stereocenters.